The van der Waals surface area contributed by atoms with Crippen LogP contribution in [0.3, 0.4) is 0 Å². The molecule has 0 aliphatic rings. The summed E-state index contributed by atoms with van der Waals surface area (Å²) >= 11 is 0. The molecule has 0 unspecified atom stereocenters. The third-order valence-corrected chi connectivity index (χ3v) is 0. The Bertz CT molecular complexity index is 20.1. The fraction of sp³-hybridized carbons (Fsp3) is 0. The molecule has 0 aromatic rings. The summed E-state index contributed by atoms with van der Waals surface area (Å²) in [4.78, 5) is 0. The fourth-order valence-electron chi connectivity index (χ4n) is 0. The number of hydrogen-bond acceptors (Lipinski definition) is 0. The second-order valence-electron chi connectivity index (χ2n) is 0. The predicted octanol–water partition coefficient (Wildman–Crippen LogP) is -7.73. The van der Waals surface area contributed by atoms with Crippen molar-refractivity contribution in [2.24, 2.45) is 0 Å². The molecule has 9 nitrogen and oxygen atoms in total. The molecule has 80 valence electrons. The summed E-state index contributed by atoms with van der Waals surface area (Å²) in [7, 11) is 0. The van der Waals surface area contributed by atoms with E-state index in [1.165, 1.54) is 0 Å². The van der Waals surface area contributed by atoms with E-state index < -0.39 is 0 Å². The molecule has 18 N–H and O–H groups in total. The maximum atomic E-state index is 0. The summed E-state index contributed by atoms with van der Waals surface area (Å²) in [5.41, 5.74) is 0. The Morgan fingerprint density at radius 2 is 0.273 bits per heavy atom. The van der Waals surface area contributed by atoms with Gasteiger partial charge in [-0.2, -0.15) is 0 Å². The molecule has 0 fully saturated rings. The topological polar surface area (TPSA) is 284 Å². The Hall–Kier alpha value is 1.17. The van der Waals surface area contributed by atoms with Crippen LogP contribution in [0.15, 0.2) is 0 Å². The summed E-state index contributed by atoms with van der Waals surface area (Å²) in [6, 6.07) is 0. The van der Waals surface area contributed by atoms with Crippen LogP contribution in [0.2, 0.25) is 0 Å². The Labute approximate surface area is 101 Å². The molecule has 11 heteroatoms. The molecule has 0 aromatic heterocycles. The molecule has 0 aromatic carbocycles. The first kappa shape index (κ1) is 1110. The standard InChI is InChI=1S/2Mg.9H2O.4H/h;;9*1H2;;;;/q2*+2;;;;;;;;;;4*-1. The van der Waals surface area contributed by atoms with Crippen molar-refractivity contribution in [1.82, 2.24) is 0 Å². The molecule has 0 amide bonds. The van der Waals surface area contributed by atoms with Crippen molar-refractivity contribution in [1.29, 1.82) is 0 Å². The molecule has 0 bridgehead atoms. The van der Waals surface area contributed by atoms with Gasteiger partial charge in [-0.25, -0.2) is 0 Å². The molecule has 0 rings (SSSR count). The van der Waals surface area contributed by atoms with Crippen LogP contribution in [-0.4, -0.2) is 95.4 Å². The quantitative estimate of drug-likeness (QED) is 0.339. The van der Waals surface area contributed by atoms with E-state index in [9.17, 15) is 0 Å². The van der Waals surface area contributed by atoms with E-state index >= 15 is 0 Å². The number of rotatable bonds is 0. The molecule has 0 atom stereocenters. The van der Waals surface area contributed by atoms with Crippen LogP contribution in [0, 0.1) is 0 Å². The Balaban J connectivity index is 0. The zero-order valence-corrected chi connectivity index (χ0v) is 8.74. The van der Waals surface area contributed by atoms with Gasteiger partial charge in [0.2, 0.25) is 0 Å². The van der Waals surface area contributed by atoms with Gasteiger partial charge in [0.05, 0.1) is 0 Å². The van der Waals surface area contributed by atoms with Gasteiger partial charge in [0.15, 0.2) is 0 Å². The van der Waals surface area contributed by atoms with E-state index in [4.69, 9.17) is 0 Å². The molecular formula is H22Mg2O9. The SMILES string of the molecule is O.O.O.O.O.O.O.O.O.[H-].[H-].[H-].[H-].[Mg+2].[Mg+2]. The third-order valence-electron chi connectivity index (χ3n) is 0. The molecule has 0 aliphatic carbocycles. The Morgan fingerprint density at radius 3 is 0.273 bits per heavy atom. The summed E-state index contributed by atoms with van der Waals surface area (Å²) in [6.07, 6.45) is 0. The van der Waals surface area contributed by atoms with Crippen molar-refractivity contribution in [2.75, 3.05) is 0 Å². The van der Waals surface area contributed by atoms with Crippen LogP contribution in [0.1, 0.15) is 5.71 Å². The van der Waals surface area contributed by atoms with Crippen LogP contribution >= 0.6 is 0 Å². The normalized spacial score (nSPS) is 0. The molecular weight excluding hydrogens is 193 g/mol. The Morgan fingerprint density at radius 1 is 0.273 bits per heavy atom. The minimum absolute atomic E-state index is 0. The first-order valence-electron chi connectivity index (χ1n) is 0. The summed E-state index contributed by atoms with van der Waals surface area (Å²) in [5.74, 6) is 0. The van der Waals surface area contributed by atoms with Crippen LogP contribution < -0.4 is 0 Å². The van der Waals surface area contributed by atoms with E-state index in [1.807, 2.05) is 0 Å². The van der Waals surface area contributed by atoms with Crippen molar-refractivity contribution in [3.8, 4) is 0 Å². The minimum atomic E-state index is 0. The monoisotopic (exact) mass is 214 g/mol. The number of hydrogen-bond donors (Lipinski definition) is 0. The van der Waals surface area contributed by atoms with Gasteiger partial charge in [-0.3, -0.25) is 0 Å². The van der Waals surface area contributed by atoms with Crippen LogP contribution in [-0.2, 0) is 0 Å². The Kier molecular flexibility index (Phi) is 84500. The van der Waals surface area contributed by atoms with Gasteiger partial charge < -0.3 is 55.0 Å². The third kappa shape index (κ3) is 684. The van der Waals surface area contributed by atoms with Crippen molar-refractivity contribution in [2.45, 2.75) is 0 Å². The minimum Gasteiger partial charge on any atom is -1.00 e. The van der Waals surface area contributed by atoms with E-state index in [-0.39, 0.29) is 101 Å². The predicted molar refractivity (Wildman–Crippen MR) is 48.5 cm³/mol. The van der Waals surface area contributed by atoms with E-state index in [0.717, 1.165) is 0 Å². The van der Waals surface area contributed by atoms with Gasteiger partial charge in [-0.15, -0.1) is 0 Å². The second-order valence-corrected chi connectivity index (χ2v) is 0. The van der Waals surface area contributed by atoms with Gasteiger partial charge in [0, 0.05) is 0 Å². The maximum Gasteiger partial charge on any atom is 2.00 e. The van der Waals surface area contributed by atoms with Gasteiger partial charge in [0.1, 0.15) is 0 Å². The molecule has 0 radical (unpaired) electrons. The van der Waals surface area contributed by atoms with E-state index in [2.05, 4.69) is 0 Å². The summed E-state index contributed by atoms with van der Waals surface area (Å²) < 4.78 is 0. The van der Waals surface area contributed by atoms with E-state index in [0.29, 0.717) is 0 Å². The zero-order chi connectivity index (χ0) is 0. The second kappa shape index (κ2) is 841. The van der Waals surface area contributed by atoms with Crippen molar-refractivity contribution in [3.63, 3.8) is 0 Å². The average Bonchev–Trinajstić information content (AvgIpc) is 0. The van der Waals surface area contributed by atoms with Crippen molar-refractivity contribution in [3.05, 3.63) is 0 Å². The van der Waals surface area contributed by atoms with Gasteiger partial charge in [-0.1, -0.05) is 0 Å². The maximum absolute atomic E-state index is 0. The molecule has 11 heavy (non-hydrogen) atoms. The van der Waals surface area contributed by atoms with Crippen LogP contribution in [0.25, 0.3) is 0 Å². The van der Waals surface area contributed by atoms with Gasteiger partial charge in [0.25, 0.3) is 0 Å². The van der Waals surface area contributed by atoms with Gasteiger partial charge in [-0.05, 0) is 0 Å². The van der Waals surface area contributed by atoms with Crippen molar-refractivity contribution >= 4 is 46.1 Å². The first-order chi connectivity index (χ1) is 0. The molecule has 0 aliphatic heterocycles. The summed E-state index contributed by atoms with van der Waals surface area (Å²) in [5, 5.41) is 0. The molecule has 0 saturated carbocycles. The summed E-state index contributed by atoms with van der Waals surface area (Å²) in [6.45, 7) is 0. The smallest absolute Gasteiger partial charge is 1.00 e. The van der Waals surface area contributed by atoms with Gasteiger partial charge >= 0.3 is 46.1 Å². The van der Waals surface area contributed by atoms with E-state index in [1.54, 1.807) is 0 Å². The molecule has 0 heterocycles. The first-order valence-corrected chi connectivity index (χ1v) is 0. The molecule has 0 saturated heterocycles. The van der Waals surface area contributed by atoms with Crippen LogP contribution in [0.4, 0.5) is 0 Å². The zero-order valence-electron chi connectivity index (χ0n) is 9.91. The fourth-order valence-corrected chi connectivity index (χ4v) is 0. The van der Waals surface area contributed by atoms with Crippen molar-refractivity contribution < 1.29 is 55.0 Å². The average molecular weight is 215 g/mol. The van der Waals surface area contributed by atoms with Crippen LogP contribution in [0.5, 0.6) is 0 Å². The molecule has 0 spiro atoms. The largest absolute Gasteiger partial charge is 2.00 e.